The lowest BCUT2D eigenvalue weighted by Gasteiger charge is -2.32. The Morgan fingerprint density at radius 3 is 2.61 bits per heavy atom. The molecule has 0 atom stereocenters. The molecular weight excluding hydrogens is 358 g/mol. The van der Waals surface area contributed by atoms with Gasteiger partial charge < -0.3 is 14.7 Å². The number of nitrogens with zero attached hydrogens (tertiary/aromatic N) is 3. The van der Waals surface area contributed by atoms with Crippen molar-refractivity contribution in [3.63, 3.8) is 0 Å². The maximum atomic E-state index is 12.9. The van der Waals surface area contributed by atoms with Crippen molar-refractivity contribution >= 4 is 11.9 Å². The normalized spacial score (nSPS) is 15.1. The summed E-state index contributed by atoms with van der Waals surface area (Å²) in [4.78, 5) is 25.9. The Labute approximate surface area is 164 Å². The monoisotopic (exact) mass is 385 g/mol. The number of amides is 1. The number of piperidine rings is 1. The average molecular weight is 385 g/mol. The van der Waals surface area contributed by atoms with E-state index in [4.69, 9.17) is 4.74 Å². The summed E-state index contributed by atoms with van der Waals surface area (Å²) in [5.41, 5.74) is 1.52. The second-order valence-corrected chi connectivity index (χ2v) is 7.65. The molecule has 0 bridgehead atoms. The minimum atomic E-state index is -0.962. The highest BCUT2D eigenvalue weighted by Gasteiger charge is 2.27. The van der Waals surface area contributed by atoms with Crippen molar-refractivity contribution in [1.82, 2.24) is 14.7 Å². The second kappa shape index (κ2) is 8.46. The van der Waals surface area contributed by atoms with Crippen molar-refractivity contribution in [3.8, 4) is 5.75 Å². The Hall–Kier alpha value is -2.83. The van der Waals surface area contributed by atoms with E-state index in [2.05, 4.69) is 18.9 Å². The number of hydrogen-bond acceptors (Lipinski definition) is 4. The zero-order valence-electron chi connectivity index (χ0n) is 16.6. The lowest BCUT2D eigenvalue weighted by molar-refractivity contribution is 0.0687. The third-order valence-corrected chi connectivity index (χ3v) is 5.04. The maximum absolute atomic E-state index is 12.9. The van der Waals surface area contributed by atoms with Gasteiger partial charge in [-0.3, -0.25) is 9.48 Å². The van der Waals surface area contributed by atoms with E-state index in [0.717, 1.165) is 12.8 Å². The average Bonchev–Trinajstić information content (AvgIpc) is 3.08. The van der Waals surface area contributed by atoms with Crippen LogP contribution in [0.4, 0.5) is 0 Å². The zero-order valence-corrected chi connectivity index (χ0v) is 16.6. The zero-order chi connectivity index (χ0) is 20.3. The number of likely N-dealkylation sites (tertiary alicyclic amines) is 1. The standard InChI is InChI=1S/C21H27N3O4/c1-14(2)13-28-18-6-4-5-16(11-18)20(25)23-9-7-17(8-10-23)24-15(3)19(12-22-24)21(26)27/h4-6,11-12,14,17H,7-10,13H2,1-3H3,(H,26,27). The summed E-state index contributed by atoms with van der Waals surface area (Å²) in [6, 6.07) is 7.43. The first kappa shape index (κ1) is 19.9. The number of carboxylic acids is 1. The first-order valence-electron chi connectivity index (χ1n) is 9.66. The third-order valence-electron chi connectivity index (χ3n) is 5.04. The molecule has 7 nitrogen and oxygen atoms in total. The SMILES string of the molecule is Cc1c(C(=O)O)cnn1C1CCN(C(=O)c2cccc(OCC(C)C)c2)CC1. The van der Waals surface area contributed by atoms with Gasteiger partial charge in [0.2, 0.25) is 0 Å². The van der Waals surface area contributed by atoms with E-state index in [1.54, 1.807) is 17.7 Å². The molecule has 1 aromatic heterocycles. The van der Waals surface area contributed by atoms with Crippen molar-refractivity contribution in [2.75, 3.05) is 19.7 Å². The van der Waals surface area contributed by atoms with Gasteiger partial charge in [0.1, 0.15) is 11.3 Å². The first-order valence-corrected chi connectivity index (χ1v) is 9.66. The number of hydrogen-bond donors (Lipinski definition) is 1. The van der Waals surface area contributed by atoms with Gasteiger partial charge in [0.05, 0.1) is 24.5 Å². The molecule has 1 aliphatic heterocycles. The summed E-state index contributed by atoms with van der Waals surface area (Å²) in [5.74, 6) is 0.168. The van der Waals surface area contributed by atoms with Crippen molar-refractivity contribution in [2.24, 2.45) is 5.92 Å². The highest BCUT2D eigenvalue weighted by Crippen LogP contribution is 2.26. The Morgan fingerprint density at radius 2 is 2.00 bits per heavy atom. The van der Waals surface area contributed by atoms with Crippen molar-refractivity contribution in [3.05, 3.63) is 47.3 Å². The van der Waals surface area contributed by atoms with Crippen molar-refractivity contribution < 1.29 is 19.4 Å². The number of benzene rings is 1. The molecule has 1 N–H and O–H groups in total. The largest absolute Gasteiger partial charge is 0.493 e. The van der Waals surface area contributed by atoms with Crippen LogP contribution in [0.5, 0.6) is 5.75 Å². The van der Waals surface area contributed by atoms with Gasteiger partial charge in [-0.1, -0.05) is 19.9 Å². The molecule has 1 fully saturated rings. The highest BCUT2D eigenvalue weighted by atomic mass is 16.5. The van der Waals surface area contributed by atoms with Crippen LogP contribution in [0.1, 0.15) is 59.1 Å². The van der Waals surface area contributed by atoms with Crippen LogP contribution in [0, 0.1) is 12.8 Å². The molecule has 0 aliphatic carbocycles. The summed E-state index contributed by atoms with van der Waals surface area (Å²) in [7, 11) is 0. The van der Waals surface area contributed by atoms with Gasteiger partial charge in [0, 0.05) is 18.7 Å². The number of aromatic carboxylic acids is 1. The van der Waals surface area contributed by atoms with Gasteiger partial charge in [-0.15, -0.1) is 0 Å². The topological polar surface area (TPSA) is 84.7 Å². The van der Waals surface area contributed by atoms with Crippen LogP contribution in [0.15, 0.2) is 30.5 Å². The predicted molar refractivity (Wildman–Crippen MR) is 105 cm³/mol. The van der Waals surface area contributed by atoms with Crippen LogP contribution in [0.2, 0.25) is 0 Å². The molecule has 1 aliphatic rings. The summed E-state index contributed by atoms with van der Waals surface area (Å²) < 4.78 is 7.51. The van der Waals surface area contributed by atoms with Crippen LogP contribution < -0.4 is 4.74 Å². The number of aromatic nitrogens is 2. The van der Waals surface area contributed by atoms with Crippen LogP contribution in [0.25, 0.3) is 0 Å². The van der Waals surface area contributed by atoms with Crippen LogP contribution >= 0.6 is 0 Å². The summed E-state index contributed by atoms with van der Waals surface area (Å²) in [6.07, 6.45) is 2.89. The van der Waals surface area contributed by atoms with Crippen molar-refractivity contribution in [2.45, 2.75) is 39.7 Å². The third kappa shape index (κ3) is 4.35. The van der Waals surface area contributed by atoms with E-state index >= 15 is 0 Å². The smallest absolute Gasteiger partial charge is 0.339 e. The molecule has 0 radical (unpaired) electrons. The maximum Gasteiger partial charge on any atom is 0.339 e. The van der Waals surface area contributed by atoms with E-state index in [9.17, 15) is 14.7 Å². The van der Waals surface area contributed by atoms with Crippen LogP contribution in [-0.4, -0.2) is 51.4 Å². The summed E-state index contributed by atoms with van der Waals surface area (Å²) >= 11 is 0. The highest BCUT2D eigenvalue weighted by molar-refractivity contribution is 5.94. The van der Waals surface area contributed by atoms with Crippen LogP contribution in [0.3, 0.4) is 0 Å². The second-order valence-electron chi connectivity index (χ2n) is 7.65. The molecule has 7 heteroatoms. The molecule has 1 aromatic carbocycles. The van der Waals surface area contributed by atoms with Gasteiger partial charge in [-0.05, 0) is 43.9 Å². The molecule has 3 rings (SSSR count). The number of carboxylic acid groups (broad SMARTS) is 1. The van der Waals surface area contributed by atoms with E-state index in [1.807, 2.05) is 23.1 Å². The fraction of sp³-hybridized carbons (Fsp3) is 0.476. The van der Waals surface area contributed by atoms with Gasteiger partial charge in [0.15, 0.2) is 0 Å². The molecule has 0 spiro atoms. The fourth-order valence-electron chi connectivity index (χ4n) is 3.48. The Kier molecular flexibility index (Phi) is 6.02. The Balaban J connectivity index is 1.62. The predicted octanol–water partition coefficient (Wildman–Crippen LogP) is 3.40. The van der Waals surface area contributed by atoms with Gasteiger partial charge in [-0.25, -0.2) is 4.79 Å². The van der Waals surface area contributed by atoms with E-state index in [-0.39, 0.29) is 17.5 Å². The molecule has 2 aromatic rings. The molecule has 28 heavy (non-hydrogen) atoms. The van der Waals surface area contributed by atoms with E-state index in [1.165, 1.54) is 6.20 Å². The molecule has 1 amide bonds. The Bertz CT molecular complexity index is 851. The van der Waals surface area contributed by atoms with Crippen molar-refractivity contribution in [1.29, 1.82) is 0 Å². The first-order chi connectivity index (χ1) is 13.4. The molecular formula is C21H27N3O4. The van der Waals surface area contributed by atoms with E-state index in [0.29, 0.717) is 42.6 Å². The van der Waals surface area contributed by atoms with E-state index < -0.39 is 5.97 Å². The molecule has 0 unspecified atom stereocenters. The molecule has 150 valence electrons. The molecule has 0 saturated carbocycles. The number of carbonyl (C=O) groups is 2. The Morgan fingerprint density at radius 1 is 1.29 bits per heavy atom. The summed E-state index contributed by atoms with van der Waals surface area (Å²) in [6.45, 7) is 7.78. The fourth-order valence-corrected chi connectivity index (χ4v) is 3.48. The number of rotatable bonds is 6. The number of carbonyl (C=O) groups excluding carboxylic acids is 1. The number of ether oxygens (including phenoxy) is 1. The molecule has 2 heterocycles. The molecule has 1 saturated heterocycles. The van der Waals surface area contributed by atoms with Crippen LogP contribution in [-0.2, 0) is 0 Å². The minimum absolute atomic E-state index is 0.00291. The summed E-state index contributed by atoms with van der Waals surface area (Å²) in [5, 5.41) is 13.4. The van der Waals surface area contributed by atoms with Gasteiger partial charge in [-0.2, -0.15) is 5.10 Å². The quantitative estimate of drug-likeness (QED) is 0.824. The lowest BCUT2D eigenvalue weighted by atomic mass is 10.0. The minimum Gasteiger partial charge on any atom is -0.493 e. The van der Waals surface area contributed by atoms with Gasteiger partial charge in [0.25, 0.3) is 5.91 Å². The lowest BCUT2D eigenvalue weighted by Crippen LogP contribution is -2.39. The van der Waals surface area contributed by atoms with Gasteiger partial charge >= 0.3 is 5.97 Å².